The Morgan fingerprint density at radius 3 is 1.93 bits per heavy atom. The van der Waals surface area contributed by atoms with Crippen molar-refractivity contribution in [2.24, 2.45) is 11.3 Å². The largest absolute Gasteiger partial charge is 0.464 e. The van der Waals surface area contributed by atoms with E-state index in [2.05, 4.69) is 0 Å². The summed E-state index contributed by atoms with van der Waals surface area (Å²) in [7, 11) is 0. The van der Waals surface area contributed by atoms with Crippen LogP contribution in [0.2, 0.25) is 0 Å². The SMILES string of the molecule is CSC[C@H](c1ccc(C(F)(F)F)cc1)[C@H](COC(=O)C(C)(C)C)C(=O)OC(C)(C)C. The molecule has 1 aromatic carbocycles. The van der Waals surface area contributed by atoms with Crippen LogP contribution < -0.4 is 0 Å². The van der Waals surface area contributed by atoms with Gasteiger partial charge < -0.3 is 9.47 Å². The topological polar surface area (TPSA) is 52.6 Å². The summed E-state index contributed by atoms with van der Waals surface area (Å²) in [5, 5.41) is 0. The Hall–Kier alpha value is -1.70. The minimum Gasteiger partial charge on any atom is -0.464 e. The molecule has 0 aromatic heterocycles. The molecular weight excluding hydrogens is 417 g/mol. The van der Waals surface area contributed by atoms with E-state index in [1.807, 2.05) is 6.26 Å². The van der Waals surface area contributed by atoms with Crippen LogP contribution in [0.5, 0.6) is 0 Å². The highest BCUT2D eigenvalue weighted by Crippen LogP contribution is 2.34. The van der Waals surface area contributed by atoms with Crippen LogP contribution in [-0.2, 0) is 25.2 Å². The Morgan fingerprint density at radius 1 is 1.00 bits per heavy atom. The van der Waals surface area contributed by atoms with Crippen LogP contribution in [0.3, 0.4) is 0 Å². The van der Waals surface area contributed by atoms with Crippen LogP contribution in [0.1, 0.15) is 58.6 Å². The lowest BCUT2D eigenvalue weighted by Gasteiger charge is -2.30. The number of benzene rings is 1. The molecule has 0 N–H and O–H groups in total. The van der Waals surface area contributed by atoms with Crippen molar-refractivity contribution in [3.63, 3.8) is 0 Å². The van der Waals surface area contributed by atoms with Crippen molar-refractivity contribution in [1.29, 1.82) is 0 Å². The summed E-state index contributed by atoms with van der Waals surface area (Å²) < 4.78 is 49.7. The zero-order valence-electron chi connectivity index (χ0n) is 18.6. The Labute approximate surface area is 180 Å². The van der Waals surface area contributed by atoms with Gasteiger partial charge in [-0.15, -0.1) is 0 Å². The molecule has 0 aliphatic carbocycles. The fraction of sp³-hybridized carbons (Fsp3) is 0.636. The van der Waals surface area contributed by atoms with Crippen molar-refractivity contribution in [2.75, 3.05) is 18.6 Å². The summed E-state index contributed by atoms with van der Waals surface area (Å²) in [5.74, 6) is -1.90. The van der Waals surface area contributed by atoms with Crippen LogP contribution >= 0.6 is 11.8 Å². The first-order valence-electron chi connectivity index (χ1n) is 9.62. The fourth-order valence-electron chi connectivity index (χ4n) is 2.65. The molecule has 1 rings (SSSR count). The van der Waals surface area contributed by atoms with Gasteiger partial charge in [-0.2, -0.15) is 24.9 Å². The molecule has 0 bridgehead atoms. The van der Waals surface area contributed by atoms with E-state index in [4.69, 9.17) is 9.47 Å². The van der Waals surface area contributed by atoms with Gasteiger partial charge in [-0.1, -0.05) is 12.1 Å². The number of carbonyl (C=O) groups excluding carboxylic acids is 2. The predicted octanol–water partition coefficient (Wildman–Crippen LogP) is 5.70. The minimum absolute atomic E-state index is 0.211. The van der Waals surface area contributed by atoms with Gasteiger partial charge in [-0.05, 0) is 65.5 Å². The molecular formula is C22H31F3O4S. The average molecular weight is 449 g/mol. The minimum atomic E-state index is -4.44. The molecule has 0 saturated carbocycles. The molecule has 0 spiro atoms. The monoisotopic (exact) mass is 448 g/mol. The summed E-state index contributed by atoms with van der Waals surface area (Å²) >= 11 is 1.45. The predicted molar refractivity (Wildman–Crippen MR) is 112 cm³/mol. The zero-order chi connectivity index (χ0) is 23.3. The summed E-state index contributed by atoms with van der Waals surface area (Å²) in [6, 6.07) is 4.73. The maximum absolute atomic E-state index is 12.9. The molecule has 1 aromatic rings. The third kappa shape index (κ3) is 8.20. The second kappa shape index (κ2) is 10.1. The number of esters is 2. The molecule has 0 aliphatic rings. The third-order valence-corrected chi connectivity index (χ3v) is 4.91. The fourth-order valence-corrected chi connectivity index (χ4v) is 3.44. The number of rotatable bonds is 7. The zero-order valence-corrected chi connectivity index (χ0v) is 19.4. The molecule has 8 heteroatoms. The molecule has 0 fully saturated rings. The van der Waals surface area contributed by atoms with Crippen molar-refractivity contribution >= 4 is 23.7 Å². The van der Waals surface area contributed by atoms with Crippen LogP contribution in [0.25, 0.3) is 0 Å². The van der Waals surface area contributed by atoms with Crippen molar-refractivity contribution in [3.05, 3.63) is 35.4 Å². The van der Waals surface area contributed by atoms with Gasteiger partial charge >= 0.3 is 18.1 Å². The lowest BCUT2D eigenvalue weighted by atomic mass is 9.87. The summed E-state index contributed by atoms with van der Waals surface area (Å²) in [4.78, 5) is 25.2. The third-order valence-electron chi connectivity index (χ3n) is 4.21. The second-order valence-corrected chi connectivity index (χ2v) is 10.1. The molecule has 4 nitrogen and oxygen atoms in total. The van der Waals surface area contributed by atoms with E-state index < -0.39 is 46.5 Å². The first kappa shape index (κ1) is 26.3. The molecule has 30 heavy (non-hydrogen) atoms. The van der Waals surface area contributed by atoms with E-state index in [1.165, 1.54) is 23.9 Å². The quantitative estimate of drug-likeness (QED) is 0.501. The Bertz CT molecular complexity index is 716. The summed E-state index contributed by atoms with van der Waals surface area (Å²) in [6.45, 7) is 10.1. The van der Waals surface area contributed by atoms with Gasteiger partial charge in [0.05, 0.1) is 16.9 Å². The van der Waals surface area contributed by atoms with E-state index in [0.717, 1.165) is 12.1 Å². The van der Waals surface area contributed by atoms with Gasteiger partial charge in [0, 0.05) is 11.7 Å². The molecule has 0 radical (unpaired) electrons. The number of halogens is 3. The highest BCUT2D eigenvalue weighted by atomic mass is 32.2. The summed E-state index contributed by atoms with van der Waals surface area (Å²) in [6.07, 6.45) is -2.61. The number of hydrogen-bond acceptors (Lipinski definition) is 5. The van der Waals surface area contributed by atoms with Crippen LogP contribution in [0.4, 0.5) is 13.2 Å². The average Bonchev–Trinajstić information content (AvgIpc) is 2.57. The molecule has 0 saturated heterocycles. The molecule has 0 unspecified atom stereocenters. The van der Waals surface area contributed by atoms with Crippen LogP contribution in [-0.4, -0.2) is 36.2 Å². The Kier molecular flexibility index (Phi) is 8.84. The smallest absolute Gasteiger partial charge is 0.416 e. The number of ether oxygens (including phenoxy) is 2. The van der Waals surface area contributed by atoms with Crippen LogP contribution in [0, 0.1) is 11.3 Å². The number of hydrogen-bond donors (Lipinski definition) is 0. The Morgan fingerprint density at radius 2 is 1.53 bits per heavy atom. The molecule has 2 atom stereocenters. The van der Waals surface area contributed by atoms with E-state index in [9.17, 15) is 22.8 Å². The standard InChI is InChI=1S/C22H31F3O4S/c1-20(2,3)19(27)28-12-16(18(26)29-21(4,5)6)17(13-30-7)14-8-10-15(11-9-14)22(23,24)25/h8-11,16-17H,12-13H2,1-7H3/t16-,17+/m0/s1. The number of carbonyl (C=O) groups is 2. The van der Waals surface area contributed by atoms with Gasteiger partial charge in [0.1, 0.15) is 12.2 Å². The van der Waals surface area contributed by atoms with Crippen molar-refractivity contribution in [2.45, 2.75) is 59.2 Å². The maximum Gasteiger partial charge on any atom is 0.416 e. The van der Waals surface area contributed by atoms with Crippen molar-refractivity contribution in [3.8, 4) is 0 Å². The van der Waals surface area contributed by atoms with E-state index in [0.29, 0.717) is 11.3 Å². The molecule has 0 aliphatic heterocycles. The number of alkyl halides is 3. The highest BCUT2D eigenvalue weighted by Gasteiger charge is 2.36. The van der Waals surface area contributed by atoms with E-state index in [-0.39, 0.29) is 6.61 Å². The van der Waals surface area contributed by atoms with Gasteiger partial charge in [0.15, 0.2) is 0 Å². The van der Waals surface area contributed by atoms with Gasteiger partial charge in [0.25, 0.3) is 0 Å². The Balaban J connectivity index is 3.25. The highest BCUT2D eigenvalue weighted by molar-refractivity contribution is 7.98. The normalized spacial score (nSPS) is 14.7. The van der Waals surface area contributed by atoms with Crippen molar-refractivity contribution in [1.82, 2.24) is 0 Å². The first-order valence-corrected chi connectivity index (χ1v) is 11.0. The van der Waals surface area contributed by atoms with Crippen molar-refractivity contribution < 1.29 is 32.2 Å². The lowest BCUT2D eigenvalue weighted by Crippen LogP contribution is -2.37. The van der Waals surface area contributed by atoms with E-state index in [1.54, 1.807) is 41.5 Å². The van der Waals surface area contributed by atoms with Gasteiger partial charge in [-0.3, -0.25) is 9.59 Å². The van der Waals surface area contributed by atoms with E-state index >= 15 is 0 Å². The van der Waals surface area contributed by atoms with Crippen LogP contribution in [0.15, 0.2) is 24.3 Å². The van der Waals surface area contributed by atoms with Gasteiger partial charge in [-0.25, -0.2) is 0 Å². The molecule has 170 valence electrons. The molecule has 0 amide bonds. The van der Waals surface area contributed by atoms with Gasteiger partial charge in [0.2, 0.25) is 0 Å². The maximum atomic E-state index is 12.9. The lowest BCUT2D eigenvalue weighted by molar-refractivity contribution is -0.167. The number of thioether (sulfide) groups is 1. The molecule has 0 heterocycles. The second-order valence-electron chi connectivity index (χ2n) is 9.17. The summed E-state index contributed by atoms with van der Waals surface area (Å²) in [5.41, 5.74) is -1.71. The first-order chi connectivity index (χ1) is 13.6.